The summed E-state index contributed by atoms with van der Waals surface area (Å²) >= 11 is 29.9. The molecule has 1 unspecified atom stereocenters. The van der Waals surface area contributed by atoms with E-state index < -0.39 is 4.33 Å². The highest BCUT2D eigenvalue weighted by atomic mass is 35.5. The normalized spacial score (nSPS) is 27.9. The number of alkyl halides is 2. The molecule has 0 heterocycles. The SMILES string of the molecule is CC1[C@H](c2cc(Cl)c(Cl)c(Cl)c2)C1(Cl)Cl. The molecule has 0 spiro atoms. The first-order valence-electron chi connectivity index (χ1n) is 4.38. The summed E-state index contributed by atoms with van der Waals surface area (Å²) in [5.74, 6) is 0.280. The molecule has 1 aromatic carbocycles. The van der Waals surface area contributed by atoms with Gasteiger partial charge in [0.05, 0.1) is 15.1 Å². The van der Waals surface area contributed by atoms with Crippen molar-refractivity contribution in [1.29, 1.82) is 0 Å². The maximum Gasteiger partial charge on any atom is 0.128 e. The highest BCUT2D eigenvalue weighted by molar-refractivity contribution is 6.52. The lowest BCUT2D eigenvalue weighted by molar-refractivity contribution is 0.911. The molecule has 0 aromatic heterocycles. The van der Waals surface area contributed by atoms with Crippen molar-refractivity contribution in [3.63, 3.8) is 0 Å². The Morgan fingerprint density at radius 1 is 1.07 bits per heavy atom. The smallest absolute Gasteiger partial charge is 0.101 e. The van der Waals surface area contributed by atoms with Gasteiger partial charge in [-0.25, -0.2) is 0 Å². The molecule has 0 nitrogen and oxygen atoms in total. The molecule has 0 N–H and O–H groups in total. The van der Waals surface area contributed by atoms with Crippen LogP contribution in [0.4, 0.5) is 0 Å². The Morgan fingerprint density at radius 3 is 1.80 bits per heavy atom. The number of benzene rings is 1. The van der Waals surface area contributed by atoms with Crippen molar-refractivity contribution in [1.82, 2.24) is 0 Å². The van der Waals surface area contributed by atoms with E-state index in [0.29, 0.717) is 15.1 Å². The van der Waals surface area contributed by atoms with Gasteiger partial charge in [-0.2, -0.15) is 0 Å². The van der Waals surface area contributed by atoms with Gasteiger partial charge in [0, 0.05) is 5.92 Å². The van der Waals surface area contributed by atoms with Crippen LogP contribution in [0.1, 0.15) is 18.4 Å². The van der Waals surface area contributed by atoms with E-state index in [0.717, 1.165) is 5.56 Å². The quantitative estimate of drug-likeness (QED) is 0.471. The van der Waals surface area contributed by atoms with Gasteiger partial charge in [-0.15, -0.1) is 23.2 Å². The summed E-state index contributed by atoms with van der Waals surface area (Å²) < 4.78 is -0.708. The molecule has 0 aliphatic heterocycles. The molecular formula is C10H7Cl5. The molecule has 2 atom stereocenters. The van der Waals surface area contributed by atoms with E-state index in [1.165, 1.54) is 0 Å². The van der Waals surface area contributed by atoms with Gasteiger partial charge in [-0.3, -0.25) is 0 Å². The molecule has 82 valence electrons. The van der Waals surface area contributed by atoms with Gasteiger partial charge in [-0.05, 0) is 23.6 Å². The highest BCUT2D eigenvalue weighted by Crippen LogP contribution is 2.65. The molecule has 0 bridgehead atoms. The van der Waals surface area contributed by atoms with Crippen molar-refractivity contribution in [2.75, 3.05) is 0 Å². The van der Waals surface area contributed by atoms with Crippen molar-refractivity contribution >= 4 is 58.0 Å². The van der Waals surface area contributed by atoms with Crippen LogP contribution >= 0.6 is 58.0 Å². The van der Waals surface area contributed by atoms with E-state index in [2.05, 4.69) is 0 Å². The monoisotopic (exact) mass is 302 g/mol. The van der Waals surface area contributed by atoms with Crippen molar-refractivity contribution in [3.8, 4) is 0 Å². The third-order valence-electron chi connectivity index (χ3n) is 2.78. The topological polar surface area (TPSA) is 0 Å². The predicted octanol–water partition coefficient (Wildman–Crippen LogP) is 5.55. The molecule has 0 amide bonds. The van der Waals surface area contributed by atoms with Crippen LogP contribution in [0.15, 0.2) is 12.1 Å². The van der Waals surface area contributed by atoms with E-state index in [-0.39, 0.29) is 11.8 Å². The van der Waals surface area contributed by atoms with Crippen LogP contribution in [0.25, 0.3) is 0 Å². The first-order valence-corrected chi connectivity index (χ1v) is 6.27. The van der Waals surface area contributed by atoms with Crippen LogP contribution in [0.3, 0.4) is 0 Å². The van der Waals surface area contributed by atoms with Crippen LogP contribution in [0.2, 0.25) is 15.1 Å². The number of hydrogen-bond acceptors (Lipinski definition) is 0. The maximum atomic E-state index is 6.08. The van der Waals surface area contributed by atoms with Gasteiger partial charge in [0.1, 0.15) is 4.33 Å². The Morgan fingerprint density at radius 2 is 1.47 bits per heavy atom. The minimum Gasteiger partial charge on any atom is -0.101 e. The average Bonchev–Trinajstić information content (AvgIpc) is 2.61. The van der Waals surface area contributed by atoms with Gasteiger partial charge >= 0.3 is 0 Å². The largest absolute Gasteiger partial charge is 0.128 e. The average molecular weight is 304 g/mol. The molecule has 0 saturated heterocycles. The highest BCUT2D eigenvalue weighted by Gasteiger charge is 2.60. The van der Waals surface area contributed by atoms with E-state index in [4.69, 9.17) is 58.0 Å². The van der Waals surface area contributed by atoms with Crippen LogP contribution in [-0.4, -0.2) is 4.33 Å². The second kappa shape index (κ2) is 3.85. The van der Waals surface area contributed by atoms with Crippen LogP contribution in [0, 0.1) is 5.92 Å². The van der Waals surface area contributed by atoms with Crippen molar-refractivity contribution < 1.29 is 0 Å². The molecule has 1 saturated carbocycles. The molecule has 2 rings (SSSR count). The Balaban J connectivity index is 2.40. The lowest BCUT2D eigenvalue weighted by atomic mass is 10.1. The van der Waals surface area contributed by atoms with E-state index in [1.54, 1.807) is 12.1 Å². The van der Waals surface area contributed by atoms with Crippen molar-refractivity contribution in [2.45, 2.75) is 17.2 Å². The van der Waals surface area contributed by atoms with Gasteiger partial charge in [0.15, 0.2) is 0 Å². The third-order valence-corrected chi connectivity index (χ3v) is 5.13. The minimum absolute atomic E-state index is 0.0769. The summed E-state index contributed by atoms with van der Waals surface area (Å²) in [5, 5.41) is 1.23. The molecular weight excluding hydrogens is 297 g/mol. The van der Waals surface area contributed by atoms with Gasteiger partial charge < -0.3 is 0 Å². The molecule has 1 fully saturated rings. The second-order valence-electron chi connectivity index (χ2n) is 3.74. The Kier molecular flexibility index (Phi) is 3.12. The van der Waals surface area contributed by atoms with Gasteiger partial charge in [0.2, 0.25) is 0 Å². The first-order chi connectivity index (χ1) is 6.85. The van der Waals surface area contributed by atoms with Crippen LogP contribution in [0.5, 0.6) is 0 Å². The fraction of sp³-hybridized carbons (Fsp3) is 0.400. The molecule has 5 heteroatoms. The van der Waals surface area contributed by atoms with Crippen molar-refractivity contribution in [3.05, 3.63) is 32.8 Å². The zero-order valence-corrected chi connectivity index (χ0v) is 11.5. The van der Waals surface area contributed by atoms with Crippen LogP contribution < -0.4 is 0 Å². The maximum absolute atomic E-state index is 6.08. The van der Waals surface area contributed by atoms with E-state index in [9.17, 15) is 0 Å². The number of rotatable bonds is 1. The summed E-state index contributed by atoms with van der Waals surface area (Å²) in [6.07, 6.45) is 0. The third kappa shape index (κ3) is 1.96. The lowest BCUT2D eigenvalue weighted by Gasteiger charge is -2.05. The molecule has 1 aliphatic rings. The summed E-state index contributed by atoms with van der Waals surface area (Å²) in [6.45, 7) is 1.99. The van der Waals surface area contributed by atoms with E-state index >= 15 is 0 Å². The molecule has 1 aromatic rings. The Hall–Kier alpha value is 0.670. The second-order valence-corrected chi connectivity index (χ2v) is 6.38. The Bertz CT molecular complexity index is 389. The predicted molar refractivity (Wildman–Crippen MR) is 67.8 cm³/mol. The molecule has 1 aliphatic carbocycles. The summed E-state index contributed by atoms with van der Waals surface area (Å²) in [4.78, 5) is 0. The van der Waals surface area contributed by atoms with Crippen LogP contribution in [-0.2, 0) is 0 Å². The van der Waals surface area contributed by atoms with E-state index in [1.807, 2.05) is 6.92 Å². The van der Waals surface area contributed by atoms with Gasteiger partial charge in [-0.1, -0.05) is 41.7 Å². The number of halogens is 5. The lowest BCUT2D eigenvalue weighted by Crippen LogP contribution is -1.90. The summed E-state index contributed by atoms with van der Waals surface area (Å²) in [6, 6.07) is 3.53. The number of hydrogen-bond donors (Lipinski definition) is 0. The molecule has 15 heavy (non-hydrogen) atoms. The zero-order valence-electron chi connectivity index (χ0n) is 7.70. The minimum atomic E-state index is -0.708. The van der Waals surface area contributed by atoms with Crippen molar-refractivity contribution in [2.24, 2.45) is 5.92 Å². The summed E-state index contributed by atoms with van der Waals surface area (Å²) in [7, 11) is 0. The fourth-order valence-electron chi connectivity index (χ4n) is 1.75. The molecule has 0 radical (unpaired) electrons. The summed E-state index contributed by atoms with van der Waals surface area (Å²) in [5.41, 5.74) is 0.937. The fourth-order valence-corrected chi connectivity index (χ4v) is 3.11. The zero-order chi connectivity index (χ0) is 11.4. The standard InChI is InChI=1S/C10H7Cl5/c1-4-8(10(4,14)15)5-2-6(11)9(13)7(12)3-5/h2-4,8H,1H3/t4?,8-/m1/s1. The van der Waals surface area contributed by atoms with Gasteiger partial charge in [0.25, 0.3) is 0 Å². The Labute approximate surface area is 113 Å². The first kappa shape index (κ1) is 12.1.